The number of rotatable bonds is 3. The highest BCUT2D eigenvalue weighted by Gasteiger charge is 2.38. The number of thiophene rings is 1. The molecule has 0 aromatic carbocycles. The number of carboxylic acids is 1. The van der Waals surface area contributed by atoms with Crippen LogP contribution < -0.4 is 0 Å². The molecule has 1 aliphatic rings. The third-order valence-electron chi connectivity index (χ3n) is 4.00. The van der Waals surface area contributed by atoms with Crippen molar-refractivity contribution in [2.24, 2.45) is 0 Å². The summed E-state index contributed by atoms with van der Waals surface area (Å²) in [6.45, 7) is 4.44. The van der Waals surface area contributed by atoms with E-state index in [9.17, 15) is 14.7 Å². The van der Waals surface area contributed by atoms with Gasteiger partial charge in [-0.15, -0.1) is 11.3 Å². The van der Waals surface area contributed by atoms with Gasteiger partial charge in [0, 0.05) is 24.5 Å². The Bertz CT molecular complexity index is 514. The zero-order valence-electron chi connectivity index (χ0n) is 12.0. The molecule has 6 heteroatoms. The highest BCUT2D eigenvalue weighted by Crippen LogP contribution is 2.34. The van der Waals surface area contributed by atoms with E-state index in [1.165, 1.54) is 4.90 Å². The fourth-order valence-corrected chi connectivity index (χ4v) is 3.36. The average molecular weight is 296 g/mol. The summed E-state index contributed by atoms with van der Waals surface area (Å²) < 4.78 is 0. The van der Waals surface area contributed by atoms with Crippen molar-refractivity contribution in [1.82, 2.24) is 9.80 Å². The normalized spacial score (nSPS) is 19.4. The summed E-state index contributed by atoms with van der Waals surface area (Å²) in [4.78, 5) is 28.3. The van der Waals surface area contributed by atoms with Gasteiger partial charge in [0.05, 0.1) is 0 Å². The van der Waals surface area contributed by atoms with E-state index in [0.717, 1.165) is 23.3 Å². The maximum absolute atomic E-state index is 12.5. The Balaban J connectivity index is 2.28. The number of carbonyl (C=O) groups excluding carboxylic acids is 1. The van der Waals surface area contributed by atoms with Crippen molar-refractivity contribution in [3.05, 3.63) is 21.9 Å². The smallest absolute Gasteiger partial charge is 0.331 e. The number of aliphatic carboxylic acids is 1. The topological polar surface area (TPSA) is 60.9 Å². The molecule has 0 fully saturated rings. The van der Waals surface area contributed by atoms with Crippen molar-refractivity contribution in [1.29, 1.82) is 0 Å². The maximum atomic E-state index is 12.5. The van der Waals surface area contributed by atoms with Gasteiger partial charge in [0.15, 0.2) is 6.04 Å². The first-order valence-corrected chi connectivity index (χ1v) is 7.67. The van der Waals surface area contributed by atoms with Crippen LogP contribution in [0.15, 0.2) is 11.4 Å². The number of carboxylic acid groups (broad SMARTS) is 1. The standard InChI is InChI=1S/C14H20N2O3S/c1-4-9(2)15(3)14(19)16-7-5-11-10(6-8-20-11)12(16)13(17)18/h6,8-9,12H,4-5,7H2,1-3H3,(H,17,18). The lowest BCUT2D eigenvalue weighted by atomic mass is 10.0. The first-order valence-electron chi connectivity index (χ1n) is 6.79. The molecular formula is C14H20N2O3S. The SMILES string of the molecule is CCC(C)N(C)C(=O)N1CCc2sccc2C1C(=O)O. The molecule has 2 atom stereocenters. The summed E-state index contributed by atoms with van der Waals surface area (Å²) in [5, 5.41) is 11.4. The fourth-order valence-electron chi connectivity index (χ4n) is 2.45. The Morgan fingerprint density at radius 2 is 2.30 bits per heavy atom. The average Bonchev–Trinajstić information content (AvgIpc) is 2.91. The summed E-state index contributed by atoms with van der Waals surface area (Å²) in [7, 11) is 1.73. The summed E-state index contributed by atoms with van der Waals surface area (Å²) in [5.41, 5.74) is 0.764. The van der Waals surface area contributed by atoms with E-state index < -0.39 is 12.0 Å². The van der Waals surface area contributed by atoms with Gasteiger partial charge >= 0.3 is 12.0 Å². The molecule has 5 nitrogen and oxygen atoms in total. The molecule has 0 saturated carbocycles. The van der Waals surface area contributed by atoms with Gasteiger partial charge in [0.1, 0.15) is 0 Å². The molecule has 20 heavy (non-hydrogen) atoms. The van der Waals surface area contributed by atoms with Crippen molar-refractivity contribution in [2.45, 2.75) is 38.8 Å². The first kappa shape index (κ1) is 14.8. The van der Waals surface area contributed by atoms with Gasteiger partial charge < -0.3 is 14.9 Å². The molecule has 0 bridgehead atoms. The van der Waals surface area contributed by atoms with Gasteiger partial charge in [-0.05, 0) is 36.8 Å². The Hall–Kier alpha value is -1.56. The predicted octanol–water partition coefficient (Wildman–Crippen LogP) is 2.58. The van der Waals surface area contributed by atoms with Crippen LogP contribution in [0.1, 0.15) is 36.8 Å². The highest BCUT2D eigenvalue weighted by molar-refractivity contribution is 7.10. The highest BCUT2D eigenvalue weighted by atomic mass is 32.1. The molecule has 0 saturated heterocycles. The molecule has 2 unspecified atom stereocenters. The molecule has 0 aliphatic carbocycles. The molecule has 0 spiro atoms. The van der Waals surface area contributed by atoms with Crippen molar-refractivity contribution >= 4 is 23.3 Å². The van der Waals surface area contributed by atoms with Gasteiger partial charge in [-0.25, -0.2) is 9.59 Å². The van der Waals surface area contributed by atoms with Crippen molar-refractivity contribution < 1.29 is 14.7 Å². The lowest BCUT2D eigenvalue weighted by Gasteiger charge is -2.37. The third-order valence-corrected chi connectivity index (χ3v) is 5.00. The van der Waals surface area contributed by atoms with E-state index in [1.54, 1.807) is 23.3 Å². The lowest BCUT2D eigenvalue weighted by molar-refractivity contribution is -0.143. The monoisotopic (exact) mass is 296 g/mol. The number of carbonyl (C=O) groups is 2. The number of hydrogen-bond donors (Lipinski definition) is 1. The summed E-state index contributed by atoms with van der Waals surface area (Å²) in [6, 6.07) is 0.856. The number of fused-ring (bicyclic) bond motifs is 1. The minimum Gasteiger partial charge on any atom is -0.479 e. The minimum atomic E-state index is -0.963. The Morgan fingerprint density at radius 3 is 2.90 bits per heavy atom. The van der Waals surface area contributed by atoms with Crippen LogP contribution >= 0.6 is 11.3 Å². The summed E-state index contributed by atoms with van der Waals surface area (Å²) >= 11 is 1.56. The first-order chi connectivity index (χ1) is 9.47. The Kier molecular flexibility index (Phi) is 4.32. The second-order valence-corrected chi connectivity index (χ2v) is 6.13. The van der Waals surface area contributed by atoms with E-state index in [4.69, 9.17) is 0 Å². The van der Waals surface area contributed by atoms with E-state index in [2.05, 4.69) is 0 Å². The molecule has 2 rings (SSSR count). The van der Waals surface area contributed by atoms with Gasteiger partial charge in [-0.3, -0.25) is 0 Å². The van der Waals surface area contributed by atoms with E-state index in [0.29, 0.717) is 6.54 Å². The summed E-state index contributed by atoms with van der Waals surface area (Å²) in [5.74, 6) is -0.963. The predicted molar refractivity (Wildman–Crippen MR) is 78.0 cm³/mol. The fraction of sp³-hybridized carbons (Fsp3) is 0.571. The van der Waals surface area contributed by atoms with Crippen molar-refractivity contribution in [3.8, 4) is 0 Å². The van der Waals surface area contributed by atoms with Gasteiger partial charge in [-0.2, -0.15) is 0 Å². The number of hydrogen-bond acceptors (Lipinski definition) is 3. The Labute approximate surface area is 122 Å². The largest absolute Gasteiger partial charge is 0.479 e. The third kappa shape index (κ3) is 2.52. The van der Waals surface area contributed by atoms with Crippen LogP contribution in [0.2, 0.25) is 0 Å². The molecule has 1 aromatic heterocycles. The second-order valence-electron chi connectivity index (χ2n) is 5.13. The Morgan fingerprint density at radius 1 is 1.60 bits per heavy atom. The lowest BCUT2D eigenvalue weighted by Crippen LogP contribution is -2.50. The minimum absolute atomic E-state index is 0.0980. The molecule has 2 amide bonds. The van der Waals surface area contributed by atoms with E-state index in [1.807, 2.05) is 25.3 Å². The number of nitrogens with zero attached hydrogens (tertiary/aromatic N) is 2. The van der Waals surface area contributed by atoms with Gasteiger partial charge in [0.25, 0.3) is 0 Å². The zero-order chi connectivity index (χ0) is 14.9. The van der Waals surface area contributed by atoms with Crippen LogP contribution in [-0.4, -0.2) is 46.5 Å². The van der Waals surface area contributed by atoms with Crippen LogP contribution in [-0.2, 0) is 11.2 Å². The van der Waals surface area contributed by atoms with Crippen LogP contribution in [0.25, 0.3) is 0 Å². The van der Waals surface area contributed by atoms with Crippen LogP contribution in [0.5, 0.6) is 0 Å². The molecule has 1 aliphatic heterocycles. The molecule has 1 aromatic rings. The van der Waals surface area contributed by atoms with Crippen molar-refractivity contribution in [3.63, 3.8) is 0 Å². The zero-order valence-corrected chi connectivity index (χ0v) is 12.8. The maximum Gasteiger partial charge on any atom is 0.331 e. The molecule has 110 valence electrons. The van der Waals surface area contributed by atoms with Crippen LogP contribution in [0.3, 0.4) is 0 Å². The van der Waals surface area contributed by atoms with E-state index >= 15 is 0 Å². The number of amides is 2. The summed E-state index contributed by atoms with van der Waals surface area (Å²) in [6.07, 6.45) is 1.58. The number of urea groups is 1. The molecule has 1 N–H and O–H groups in total. The molecule has 0 radical (unpaired) electrons. The van der Waals surface area contributed by atoms with E-state index in [-0.39, 0.29) is 12.1 Å². The van der Waals surface area contributed by atoms with Gasteiger partial charge in [0.2, 0.25) is 0 Å². The quantitative estimate of drug-likeness (QED) is 0.932. The van der Waals surface area contributed by atoms with Crippen molar-refractivity contribution in [2.75, 3.05) is 13.6 Å². The van der Waals surface area contributed by atoms with Gasteiger partial charge in [-0.1, -0.05) is 6.92 Å². The van der Waals surface area contributed by atoms with Crippen LogP contribution in [0, 0.1) is 0 Å². The molecule has 2 heterocycles. The van der Waals surface area contributed by atoms with Crippen LogP contribution in [0.4, 0.5) is 4.79 Å². The second kappa shape index (κ2) is 5.83. The molecular weight excluding hydrogens is 276 g/mol.